The molecule has 4 heteroatoms. The van der Waals surface area contributed by atoms with Crippen molar-refractivity contribution in [3.8, 4) is 22.4 Å². The van der Waals surface area contributed by atoms with Crippen molar-refractivity contribution in [1.29, 1.82) is 0 Å². The van der Waals surface area contributed by atoms with Crippen LogP contribution in [-0.2, 0) is 16.0 Å². The summed E-state index contributed by atoms with van der Waals surface area (Å²) in [6.07, 6.45) is 0.0502. The van der Waals surface area contributed by atoms with Crippen LogP contribution in [0, 0.1) is 6.92 Å². The summed E-state index contributed by atoms with van der Waals surface area (Å²) in [6.45, 7) is 3.47. The van der Waals surface area contributed by atoms with Gasteiger partial charge in [-0.15, -0.1) is 0 Å². The van der Waals surface area contributed by atoms with E-state index in [-0.39, 0.29) is 18.3 Å². The van der Waals surface area contributed by atoms with E-state index in [0.717, 1.165) is 27.9 Å². The molecule has 2 aromatic carbocycles. The Morgan fingerprint density at radius 2 is 1.46 bits per heavy atom. The highest BCUT2D eigenvalue weighted by Gasteiger charge is 2.25. The number of methoxy groups -OCH3 is 1. The van der Waals surface area contributed by atoms with Crippen LogP contribution in [0.15, 0.2) is 60.7 Å². The number of ether oxygens (including phenoxy) is 1. The van der Waals surface area contributed by atoms with Crippen LogP contribution in [0.5, 0.6) is 0 Å². The molecule has 0 saturated heterocycles. The Morgan fingerprint density at radius 1 is 0.923 bits per heavy atom. The number of carbonyl (C=O) groups is 2. The predicted octanol–water partition coefficient (Wildman–Crippen LogP) is 4.51. The van der Waals surface area contributed by atoms with Crippen molar-refractivity contribution in [2.45, 2.75) is 20.3 Å². The minimum atomic E-state index is -0.368. The summed E-state index contributed by atoms with van der Waals surface area (Å²) >= 11 is 0. The number of aromatic nitrogens is 1. The third-order valence-electron chi connectivity index (χ3n) is 4.50. The molecule has 132 valence electrons. The lowest BCUT2D eigenvalue weighted by molar-refractivity contribution is -0.139. The van der Waals surface area contributed by atoms with Gasteiger partial charge in [-0.25, -0.2) is 0 Å². The summed E-state index contributed by atoms with van der Waals surface area (Å²) in [6, 6.07) is 19.7. The van der Waals surface area contributed by atoms with Gasteiger partial charge in [0.15, 0.2) is 0 Å². The minimum Gasteiger partial charge on any atom is -0.469 e. The van der Waals surface area contributed by atoms with Crippen LogP contribution in [0.25, 0.3) is 22.4 Å². The second-order valence-corrected chi connectivity index (χ2v) is 6.13. The highest BCUT2D eigenvalue weighted by molar-refractivity contribution is 5.94. The number of hydrogen-bond acceptors (Lipinski definition) is 3. The fraction of sp³-hybridized carbons (Fsp3) is 0.182. The summed E-state index contributed by atoms with van der Waals surface area (Å²) in [7, 11) is 1.36. The molecule has 0 N–H and O–H groups in total. The van der Waals surface area contributed by atoms with E-state index in [0.29, 0.717) is 5.69 Å². The maximum Gasteiger partial charge on any atom is 0.311 e. The predicted molar refractivity (Wildman–Crippen MR) is 102 cm³/mol. The van der Waals surface area contributed by atoms with Gasteiger partial charge in [-0.2, -0.15) is 0 Å². The number of esters is 1. The summed E-state index contributed by atoms with van der Waals surface area (Å²) in [5.74, 6) is -0.500. The molecule has 0 saturated carbocycles. The number of nitrogens with zero attached hydrogens (tertiary/aromatic N) is 1. The van der Waals surface area contributed by atoms with Gasteiger partial charge in [-0.05, 0) is 23.6 Å². The molecule has 0 aliphatic carbocycles. The average Bonchev–Trinajstić information content (AvgIpc) is 2.95. The Kier molecular flexibility index (Phi) is 5.03. The quantitative estimate of drug-likeness (QED) is 0.653. The molecule has 3 aromatic rings. The molecule has 0 bridgehead atoms. The molecule has 26 heavy (non-hydrogen) atoms. The van der Waals surface area contributed by atoms with Crippen molar-refractivity contribution < 1.29 is 14.3 Å². The standard InChI is InChI=1S/C22H21NO3/c1-15-19(14-20(25)26-3)23(16(2)24)22(18-12-8-5-9-13-18)21(15)17-10-6-4-7-11-17/h4-13H,14H2,1-3H3. The van der Waals surface area contributed by atoms with Gasteiger partial charge >= 0.3 is 5.97 Å². The third-order valence-corrected chi connectivity index (χ3v) is 4.50. The first kappa shape index (κ1) is 17.7. The highest BCUT2D eigenvalue weighted by Crippen LogP contribution is 2.39. The second-order valence-electron chi connectivity index (χ2n) is 6.13. The number of benzene rings is 2. The van der Waals surface area contributed by atoms with Crippen LogP contribution < -0.4 is 0 Å². The molecule has 0 aliphatic rings. The zero-order valence-corrected chi connectivity index (χ0v) is 15.2. The van der Waals surface area contributed by atoms with Crippen molar-refractivity contribution in [2.75, 3.05) is 7.11 Å². The topological polar surface area (TPSA) is 48.3 Å². The molecule has 0 amide bonds. The number of carbonyl (C=O) groups excluding carboxylic acids is 2. The Balaban J connectivity index is 2.37. The smallest absolute Gasteiger partial charge is 0.311 e. The largest absolute Gasteiger partial charge is 0.469 e. The summed E-state index contributed by atoms with van der Waals surface area (Å²) < 4.78 is 6.48. The molecule has 1 aromatic heterocycles. The van der Waals surface area contributed by atoms with Gasteiger partial charge in [0.05, 0.1) is 19.2 Å². The van der Waals surface area contributed by atoms with Crippen LogP contribution in [-0.4, -0.2) is 23.6 Å². The van der Waals surface area contributed by atoms with E-state index in [1.807, 2.05) is 67.6 Å². The third kappa shape index (κ3) is 3.18. The molecule has 0 aliphatic heterocycles. The lowest BCUT2D eigenvalue weighted by Crippen LogP contribution is -2.16. The van der Waals surface area contributed by atoms with E-state index in [4.69, 9.17) is 4.74 Å². The van der Waals surface area contributed by atoms with Crippen LogP contribution in [0.3, 0.4) is 0 Å². The van der Waals surface area contributed by atoms with Gasteiger partial charge in [0, 0.05) is 18.2 Å². The maximum atomic E-state index is 12.5. The summed E-state index contributed by atoms with van der Waals surface area (Å²) in [4.78, 5) is 24.5. The molecule has 0 spiro atoms. The summed E-state index contributed by atoms with van der Waals surface area (Å²) in [5, 5.41) is 0. The molecule has 0 unspecified atom stereocenters. The molecule has 0 radical (unpaired) electrons. The van der Waals surface area contributed by atoms with Crippen molar-refractivity contribution in [3.05, 3.63) is 71.9 Å². The average molecular weight is 347 g/mol. The molecule has 4 nitrogen and oxygen atoms in total. The van der Waals surface area contributed by atoms with E-state index < -0.39 is 0 Å². The Labute approximate surface area is 153 Å². The first-order valence-corrected chi connectivity index (χ1v) is 8.47. The lowest BCUT2D eigenvalue weighted by Gasteiger charge is -2.11. The van der Waals surface area contributed by atoms with Crippen LogP contribution >= 0.6 is 0 Å². The first-order valence-electron chi connectivity index (χ1n) is 8.47. The molecule has 1 heterocycles. The highest BCUT2D eigenvalue weighted by atomic mass is 16.5. The zero-order valence-electron chi connectivity index (χ0n) is 15.2. The lowest BCUT2D eigenvalue weighted by atomic mass is 9.97. The zero-order chi connectivity index (χ0) is 18.7. The Bertz CT molecular complexity index is 941. The van der Waals surface area contributed by atoms with E-state index in [1.165, 1.54) is 14.0 Å². The van der Waals surface area contributed by atoms with Gasteiger partial charge in [-0.3, -0.25) is 14.2 Å². The van der Waals surface area contributed by atoms with E-state index in [1.54, 1.807) is 4.57 Å². The number of hydrogen-bond donors (Lipinski definition) is 0. The minimum absolute atomic E-state index is 0.0502. The fourth-order valence-electron chi connectivity index (χ4n) is 3.33. The molecular weight excluding hydrogens is 326 g/mol. The molecule has 3 rings (SSSR count). The SMILES string of the molecule is COC(=O)Cc1c(C)c(-c2ccccc2)c(-c2ccccc2)n1C(C)=O. The van der Waals surface area contributed by atoms with E-state index >= 15 is 0 Å². The first-order chi connectivity index (χ1) is 12.5. The Morgan fingerprint density at radius 3 is 1.96 bits per heavy atom. The number of rotatable bonds is 4. The normalized spacial score (nSPS) is 10.6. The van der Waals surface area contributed by atoms with Crippen LogP contribution in [0.1, 0.15) is 23.0 Å². The van der Waals surface area contributed by atoms with Crippen LogP contribution in [0.4, 0.5) is 0 Å². The molecular formula is C22H21NO3. The van der Waals surface area contributed by atoms with Crippen molar-refractivity contribution in [3.63, 3.8) is 0 Å². The summed E-state index contributed by atoms with van der Waals surface area (Å²) in [5.41, 5.74) is 5.29. The van der Waals surface area contributed by atoms with Crippen LogP contribution in [0.2, 0.25) is 0 Å². The van der Waals surface area contributed by atoms with Crippen molar-refractivity contribution >= 4 is 11.9 Å². The fourth-order valence-corrected chi connectivity index (χ4v) is 3.33. The van der Waals surface area contributed by atoms with Gasteiger partial charge in [0.2, 0.25) is 5.91 Å². The van der Waals surface area contributed by atoms with Gasteiger partial charge in [0.25, 0.3) is 0 Å². The monoisotopic (exact) mass is 347 g/mol. The van der Waals surface area contributed by atoms with E-state index in [9.17, 15) is 9.59 Å². The second kappa shape index (κ2) is 7.40. The molecule has 0 atom stereocenters. The van der Waals surface area contributed by atoms with Gasteiger partial charge in [0.1, 0.15) is 0 Å². The van der Waals surface area contributed by atoms with Crippen molar-refractivity contribution in [1.82, 2.24) is 4.57 Å². The van der Waals surface area contributed by atoms with Gasteiger partial charge in [-0.1, -0.05) is 60.7 Å². The van der Waals surface area contributed by atoms with E-state index in [2.05, 4.69) is 0 Å². The molecule has 0 fully saturated rings. The van der Waals surface area contributed by atoms with Crippen molar-refractivity contribution in [2.24, 2.45) is 0 Å². The Hall–Kier alpha value is -3.14. The maximum absolute atomic E-state index is 12.5. The van der Waals surface area contributed by atoms with Gasteiger partial charge < -0.3 is 4.74 Å².